The van der Waals surface area contributed by atoms with Crippen LogP contribution in [0.25, 0.3) is 5.52 Å². The van der Waals surface area contributed by atoms with E-state index >= 15 is 0 Å². The third-order valence-corrected chi connectivity index (χ3v) is 5.96. The molecule has 1 aliphatic heterocycles. The van der Waals surface area contributed by atoms with Crippen molar-refractivity contribution in [3.63, 3.8) is 0 Å². The van der Waals surface area contributed by atoms with Crippen molar-refractivity contribution in [1.29, 1.82) is 0 Å². The fourth-order valence-corrected chi connectivity index (χ4v) is 4.37. The van der Waals surface area contributed by atoms with E-state index in [1.165, 1.54) is 0 Å². The molecular formula is C27H23N5O3. The quantitative estimate of drug-likeness (QED) is 0.353. The van der Waals surface area contributed by atoms with E-state index in [-0.39, 0.29) is 29.2 Å². The Hall–Kier alpha value is -4.64. The monoisotopic (exact) mass is 465 g/mol. The van der Waals surface area contributed by atoms with Crippen LogP contribution in [0.15, 0.2) is 67.0 Å². The number of nitrogen functional groups attached to an aromatic ring is 1. The number of nitrogens with zero attached hydrogens (tertiary/aromatic N) is 4. The molecule has 4 aromatic rings. The molecule has 1 saturated heterocycles. The lowest BCUT2D eigenvalue weighted by atomic mass is 10.1. The maximum absolute atomic E-state index is 13.5. The lowest BCUT2D eigenvalue weighted by Crippen LogP contribution is -2.30. The zero-order valence-corrected chi connectivity index (χ0v) is 19.1. The molecule has 8 heteroatoms. The molecule has 0 radical (unpaired) electrons. The first-order valence-corrected chi connectivity index (χ1v) is 11.3. The van der Waals surface area contributed by atoms with E-state index < -0.39 is 0 Å². The standard InChI is InChI=1S/C27H23N5O3/c1-2-7-22(33)31-16-6-10-21(31)27-30-23(24-26(28)29-15-17-32(24)27)25(34)18-11-13-20(14-12-18)35-19-8-4-3-5-9-19/h3-5,8-9,11-15,17,21H,6,10,16H2,1H3,(H2,28,29)/t21-/m0/s1. The summed E-state index contributed by atoms with van der Waals surface area (Å²) >= 11 is 0. The van der Waals surface area contributed by atoms with E-state index in [0.717, 1.165) is 12.8 Å². The molecule has 1 aliphatic rings. The molecule has 8 nitrogen and oxygen atoms in total. The molecular weight excluding hydrogens is 442 g/mol. The van der Waals surface area contributed by atoms with Crippen molar-refractivity contribution >= 4 is 23.0 Å². The van der Waals surface area contributed by atoms with E-state index in [0.29, 0.717) is 34.9 Å². The minimum Gasteiger partial charge on any atom is -0.457 e. The number of hydrogen-bond donors (Lipinski definition) is 1. The van der Waals surface area contributed by atoms with Gasteiger partial charge in [-0.15, -0.1) is 0 Å². The van der Waals surface area contributed by atoms with Crippen molar-refractivity contribution in [2.24, 2.45) is 0 Å². The topological polar surface area (TPSA) is 103 Å². The minimum atomic E-state index is -0.305. The number of imidazole rings is 1. The molecule has 2 aromatic heterocycles. The van der Waals surface area contributed by atoms with Crippen molar-refractivity contribution in [3.8, 4) is 23.3 Å². The van der Waals surface area contributed by atoms with Gasteiger partial charge in [-0.05, 0) is 62.1 Å². The van der Waals surface area contributed by atoms with Gasteiger partial charge in [-0.3, -0.25) is 14.0 Å². The fourth-order valence-electron chi connectivity index (χ4n) is 4.37. The van der Waals surface area contributed by atoms with E-state index in [1.54, 1.807) is 52.9 Å². The van der Waals surface area contributed by atoms with Crippen molar-refractivity contribution < 1.29 is 14.3 Å². The molecule has 1 fully saturated rings. The number of benzene rings is 2. The highest BCUT2D eigenvalue weighted by Gasteiger charge is 2.34. The van der Waals surface area contributed by atoms with E-state index in [2.05, 4.69) is 16.8 Å². The lowest BCUT2D eigenvalue weighted by molar-refractivity contribution is -0.126. The number of para-hydroxylation sites is 1. The number of fused-ring (bicyclic) bond motifs is 1. The number of ether oxygens (including phenoxy) is 1. The number of carbonyl (C=O) groups excluding carboxylic acids is 2. The van der Waals surface area contributed by atoms with Gasteiger partial charge in [0.15, 0.2) is 0 Å². The molecule has 0 saturated carbocycles. The summed E-state index contributed by atoms with van der Waals surface area (Å²) in [6, 6.07) is 16.0. The van der Waals surface area contributed by atoms with Gasteiger partial charge in [0.05, 0.1) is 6.04 Å². The van der Waals surface area contributed by atoms with Crippen LogP contribution in [0.5, 0.6) is 11.5 Å². The first kappa shape index (κ1) is 22.2. The number of ketones is 1. The number of hydrogen-bond acceptors (Lipinski definition) is 6. The van der Waals surface area contributed by atoms with Crippen molar-refractivity contribution in [1.82, 2.24) is 19.3 Å². The number of aromatic nitrogens is 3. The Labute approximate surface area is 202 Å². The number of rotatable bonds is 5. The Kier molecular flexibility index (Phi) is 5.90. The molecule has 1 atom stereocenters. The molecule has 5 rings (SSSR count). The van der Waals surface area contributed by atoms with Gasteiger partial charge in [0.2, 0.25) is 5.78 Å². The summed E-state index contributed by atoms with van der Waals surface area (Å²) in [6.45, 7) is 2.22. The molecule has 0 aliphatic carbocycles. The van der Waals surface area contributed by atoms with Crippen LogP contribution in [0.2, 0.25) is 0 Å². The number of nitrogens with two attached hydrogens (primary N) is 1. The first-order valence-electron chi connectivity index (χ1n) is 11.3. The molecule has 0 bridgehead atoms. The van der Waals surface area contributed by atoms with Gasteiger partial charge < -0.3 is 15.4 Å². The predicted octanol–water partition coefficient (Wildman–Crippen LogP) is 4.02. The Morgan fingerprint density at radius 2 is 1.83 bits per heavy atom. The molecule has 2 aromatic carbocycles. The van der Waals surface area contributed by atoms with Crippen molar-refractivity contribution in [2.45, 2.75) is 25.8 Å². The number of likely N-dealkylation sites (tertiary alicyclic amines) is 1. The van der Waals surface area contributed by atoms with E-state index in [1.807, 2.05) is 30.3 Å². The average molecular weight is 466 g/mol. The molecule has 174 valence electrons. The van der Waals surface area contributed by atoms with Gasteiger partial charge in [0.1, 0.15) is 34.4 Å². The van der Waals surface area contributed by atoms with Crippen molar-refractivity contribution in [2.75, 3.05) is 12.3 Å². The van der Waals surface area contributed by atoms with Crippen LogP contribution in [0.1, 0.15) is 47.7 Å². The van der Waals surface area contributed by atoms with Gasteiger partial charge in [-0.1, -0.05) is 24.1 Å². The first-order chi connectivity index (χ1) is 17.1. The Balaban J connectivity index is 1.50. The smallest absolute Gasteiger partial charge is 0.299 e. The van der Waals surface area contributed by atoms with Gasteiger partial charge in [0.25, 0.3) is 5.91 Å². The van der Waals surface area contributed by atoms with Crippen LogP contribution in [-0.2, 0) is 4.79 Å². The van der Waals surface area contributed by atoms with Gasteiger partial charge in [0, 0.05) is 24.5 Å². The SMILES string of the molecule is CC#CC(=O)N1CCC[C@H]1c1nc(C(=O)c2ccc(Oc3ccccc3)cc2)c2c(N)nccn12. The highest BCUT2D eigenvalue weighted by atomic mass is 16.5. The van der Waals surface area contributed by atoms with Gasteiger partial charge >= 0.3 is 0 Å². The largest absolute Gasteiger partial charge is 0.457 e. The molecule has 3 heterocycles. The lowest BCUT2D eigenvalue weighted by Gasteiger charge is -2.21. The second-order valence-electron chi connectivity index (χ2n) is 8.15. The van der Waals surface area contributed by atoms with Crippen LogP contribution in [0.4, 0.5) is 5.82 Å². The second-order valence-corrected chi connectivity index (χ2v) is 8.15. The third-order valence-electron chi connectivity index (χ3n) is 5.96. The maximum atomic E-state index is 13.5. The summed E-state index contributed by atoms with van der Waals surface area (Å²) in [5.74, 6) is 6.82. The van der Waals surface area contributed by atoms with Crippen molar-refractivity contribution in [3.05, 3.63) is 84.1 Å². The summed E-state index contributed by atoms with van der Waals surface area (Å²) in [5.41, 5.74) is 7.26. The third kappa shape index (κ3) is 4.20. The fraction of sp³-hybridized carbons (Fsp3) is 0.185. The Morgan fingerprint density at radius 1 is 1.09 bits per heavy atom. The molecule has 2 N–H and O–H groups in total. The number of carbonyl (C=O) groups is 2. The van der Waals surface area contributed by atoms with E-state index in [9.17, 15) is 9.59 Å². The predicted molar refractivity (Wildman–Crippen MR) is 131 cm³/mol. The summed E-state index contributed by atoms with van der Waals surface area (Å²) in [4.78, 5) is 36.7. The number of amides is 1. The zero-order valence-electron chi connectivity index (χ0n) is 19.1. The Bertz CT molecular complexity index is 1470. The summed E-state index contributed by atoms with van der Waals surface area (Å²) < 4.78 is 7.59. The normalized spacial score (nSPS) is 15.0. The molecule has 1 amide bonds. The zero-order chi connectivity index (χ0) is 24.4. The summed E-state index contributed by atoms with van der Waals surface area (Å²) in [5, 5.41) is 0. The van der Waals surface area contributed by atoms with Crippen LogP contribution in [-0.4, -0.2) is 37.5 Å². The maximum Gasteiger partial charge on any atom is 0.299 e. The summed E-state index contributed by atoms with van der Waals surface area (Å²) in [6.07, 6.45) is 4.82. The average Bonchev–Trinajstić information content (AvgIpc) is 3.51. The highest BCUT2D eigenvalue weighted by molar-refractivity contribution is 6.13. The van der Waals surface area contributed by atoms with Crippen LogP contribution in [0, 0.1) is 11.8 Å². The molecule has 0 unspecified atom stereocenters. The van der Waals surface area contributed by atoms with Gasteiger partial charge in [-0.25, -0.2) is 9.97 Å². The van der Waals surface area contributed by atoms with E-state index in [4.69, 9.17) is 15.5 Å². The van der Waals surface area contributed by atoms with Crippen LogP contribution >= 0.6 is 0 Å². The van der Waals surface area contributed by atoms with Gasteiger partial charge in [-0.2, -0.15) is 0 Å². The highest BCUT2D eigenvalue weighted by Crippen LogP contribution is 2.34. The minimum absolute atomic E-state index is 0.197. The number of anilines is 1. The Morgan fingerprint density at radius 3 is 2.57 bits per heavy atom. The summed E-state index contributed by atoms with van der Waals surface area (Å²) in [7, 11) is 0. The molecule has 0 spiro atoms. The van der Waals surface area contributed by atoms with Crippen LogP contribution < -0.4 is 10.5 Å². The second kappa shape index (κ2) is 9.31. The molecule has 35 heavy (non-hydrogen) atoms. The van der Waals surface area contributed by atoms with Crippen LogP contribution in [0.3, 0.4) is 0 Å².